The van der Waals surface area contributed by atoms with Gasteiger partial charge in [-0.25, -0.2) is 4.98 Å². The predicted molar refractivity (Wildman–Crippen MR) is 47.8 cm³/mol. The van der Waals surface area contributed by atoms with E-state index >= 15 is 0 Å². The predicted octanol–water partition coefficient (Wildman–Crippen LogP) is 1.14. The van der Waals surface area contributed by atoms with Gasteiger partial charge in [0.25, 0.3) is 0 Å². The fraction of sp³-hybridized carbons (Fsp3) is 0. The lowest BCUT2D eigenvalue weighted by molar-refractivity contribution is 1.34. The summed E-state index contributed by atoms with van der Waals surface area (Å²) < 4.78 is 0.975. The quantitative estimate of drug-likeness (QED) is 0.449. The first kappa shape index (κ1) is 7.07. The first-order valence-corrected chi connectivity index (χ1v) is 4.13. The molecule has 52 valence electrons. The maximum Gasteiger partial charge on any atom is 0.157 e. The number of rotatable bonds is 0. The Morgan fingerprint density at radius 1 is 1.55 bits per heavy atom. The van der Waals surface area contributed by atoms with E-state index in [4.69, 9.17) is 19.4 Å². The molecule has 0 saturated heterocycles. The molecule has 2 rings (SSSR count). The number of pyridine rings is 1. The molecule has 0 N–H and O–H groups in total. The highest BCUT2D eigenvalue weighted by atomic mass is 35.5. The molecule has 0 aliphatic rings. The van der Waals surface area contributed by atoms with Crippen molar-refractivity contribution in [2.75, 3.05) is 0 Å². The first-order valence-electron chi connectivity index (χ1n) is 2.93. The number of aromatic nitrogens is 2. The van der Waals surface area contributed by atoms with Gasteiger partial charge in [0, 0.05) is 4.91 Å². The number of thiazole rings is 1. The molecule has 11 heavy (non-hydrogen) atoms. The summed E-state index contributed by atoms with van der Waals surface area (Å²) in [6.07, 6.45) is 1.62. The van der Waals surface area contributed by atoms with E-state index in [9.17, 15) is 0 Å². The summed E-state index contributed by atoms with van der Waals surface area (Å²) in [6, 6.07) is 1.75. The second-order valence-electron chi connectivity index (χ2n) is 2.03. The number of halogens is 1. The fourth-order valence-electron chi connectivity index (χ4n) is 0.826. The summed E-state index contributed by atoms with van der Waals surface area (Å²) in [5.74, 6) is 0. The highest BCUT2D eigenvalue weighted by Gasteiger charge is 1.99. The van der Waals surface area contributed by atoms with Crippen LogP contribution in [0.5, 0.6) is 0 Å². The molecular formula is C6H2BClN2S. The number of nitrogens with zero attached hydrogens (tertiary/aromatic N) is 2. The maximum absolute atomic E-state index is 5.65. The van der Waals surface area contributed by atoms with Crippen molar-refractivity contribution < 1.29 is 0 Å². The molecule has 0 spiro atoms. The minimum absolute atomic E-state index is 0.473. The van der Waals surface area contributed by atoms with Crippen LogP contribution in [-0.4, -0.2) is 17.8 Å². The summed E-state index contributed by atoms with van der Waals surface area (Å²) in [5.41, 5.74) is 0.803. The molecule has 0 fully saturated rings. The molecule has 2 radical (unpaired) electrons. The minimum atomic E-state index is 0.473. The molecule has 0 saturated carbocycles. The van der Waals surface area contributed by atoms with E-state index < -0.39 is 0 Å². The van der Waals surface area contributed by atoms with Crippen molar-refractivity contribution in [2.24, 2.45) is 0 Å². The van der Waals surface area contributed by atoms with Crippen molar-refractivity contribution in [3.8, 4) is 0 Å². The van der Waals surface area contributed by atoms with Crippen LogP contribution in [-0.2, 0) is 0 Å². The highest BCUT2D eigenvalue weighted by Crippen LogP contribution is 2.17. The molecule has 2 aromatic heterocycles. The van der Waals surface area contributed by atoms with Crippen LogP contribution in [0.15, 0.2) is 12.3 Å². The van der Waals surface area contributed by atoms with Gasteiger partial charge in [0.2, 0.25) is 0 Å². The molecule has 0 aromatic carbocycles. The van der Waals surface area contributed by atoms with Crippen LogP contribution in [0.3, 0.4) is 0 Å². The molecule has 2 aromatic rings. The van der Waals surface area contributed by atoms with E-state index in [0.717, 1.165) is 10.2 Å². The van der Waals surface area contributed by atoms with Gasteiger partial charge in [-0.3, -0.25) is 4.98 Å². The van der Waals surface area contributed by atoms with Crippen molar-refractivity contribution in [3.63, 3.8) is 0 Å². The summed E-state index contributed by atoms with van der Waals surface area (Å²) in [6.45, 7) is 0. The topological polar surface area (TPSA) is 25.8 Å². The molecule has 0 unspecified atom stereocenters. The highest BCUT2D eigenvalue weighted by molar-refractivity contribution is 7.25. The number of hydrogen-bond acceptors (Lipinski definition) is 3. The van der Waals surface area contributed by atoms with Gasteiger partial charge >= 0.3 is 0 Å². The molecule has 0 aliphatic carbocycles. The molecule has 0 bridgehead atoms. The molecule has 0 aliphatic heterocycles. The third-order valence-corrected chi connectivity index (χ3v) is 2.31. The van der Waals surface area contributed by atoms with Crippen molar-refractivity contribution in [2.45, 2.75) is 0 Å². The number of fused-ring (bicyclic) bond motifs is 1. The Labute approximate surface area is 73.6 Å². The molecule has 2 nitrogen and oxygen atoms in total. The van der Waals surface area contributed by atoms with Crippen molar-refractivity contribution in [1.82, 2.24) is 9.97 Å². The third kappa shape index (κ3) is 1.24. The van der Waals surface area contributed by atoms with Crippen molar-refractivity contribution >= 4 is 45.9 Å². The van der Waals surface area contributed by atoms with Gasteiger partial charge in [0.15, 0.2) is 7.85 Å². The molecular weight excluding hydrogens is 178 g/mol. The Morgan fingerprint density at radius 3 is 3.18 bits per heavy atom. The smallest absolute Gasteiger partial charge is 0.157 e. The summed E-state index contributed by atoms with van der Waals surface area (Å²) >= 11 is 7.06. The standard InChI is InChI=1S/C6H2BClN2S/c7-6-10-3-2-9-5(8)1-4(3)11-6/h1-2H. The molecule has 2 heterocycles. The van der Waals surface area contributed by atoms with Crippen molar-refractivity contribution in [3.05, 3.63) is 17.4 Å². The number of hydrogen-bond donors (Lipinski definition) is 0. The molecule has 5 heteroatoms. The Morgan fingerprint density at radius 2 is 2.36 bits per heavy atom. The average molecular weight is 180 g/mol. The summed E-state index contributed by atoms with van der Waals surface area (Å²) in [4.78, 5) is 8.45. The summed E-state index contributed by atoms with van der Waals surface area (Å²) in [5, 5.41) is 0.473. The van der Waals surface area contributed by atoms with E-state index in [-0.39, 0.29) is 0 Å². The monoisotopic (exact) mass is 180 g/mol. The van der Waals surface area contributed by atoms with Gasteiger partial charge in [-0.05, 0) is 6.07 Å². The molecule has 0 amide bonds. The Hall–Kier alpha value is -0.605. The zero-order chi connectivity index (χ0) is 7.84. The lowest BCUT2D eigenvalue weighted by atomic mass is 10.2. The fourth-order valence-corrected chi connectivity index (χ4v) is 1.79. The van der Waals surface area contributed by atoms with Crippen LogP contribution < -0.4 is 4.91 Å². The second kappa shape index (κ2) is 2.46. The minimum Gasteiger partial charge on any atom is -0.252 e. The van der Waals surface area contributed by atoms with Gasteiger partial charge in [0.05, 0.1) is 16.4 Å². The lowest BCUT2D eigenvalue weighted by Gasteiger charge is -1.86. The average Bonchev–Trinajstić information content (AvgIpc) is 2.27. The maximum atomic E-state index is 5.65. The van der Waals surface area contributed by atoms with Gasteiger partial charge < -0.3 is 0 Å². The van der Waals surface area contributed by atoms with Gasteiger partial charge in [-0.15, -0.1) is 11.3 Å². The largest absolute Gasteiger partial charge is 0.252 e. The van der Waals surface area contributed by atoms with Gasteiger partial charge in [-0.2, -0.15) is 0 Å². The van der Waals surface area contributed by atoms with Crippen molar-refractivity contribution in [1.29, 1.82) is 0 Å². The van der Waals surface area contributed by atoms with Crippen LogP contribution in [0.4, 0.5) is 0 Å². The Kier molecular flexibility index (Phi) is 1.58. The van der Waals surface area contributed by atoms with Crippen LogP contribution in [0.2, 0.25) is 5.15 Å². The normalized spacial score (nSPS) is 10.6. The van der Waals surface area contributed by atoms with Crippen LogP contribution in [0.25, 0.3) is 10.2 Å². The van der Waals surface area contributed by atoms with Crippen LogP contribution in [0, 0.1) is 0 Å². The van der Waals surface area contributed by atoms with E-state index in [0.29, 0.717) is 10.1 Å². The van der Waals surface area contributed by atoms with Crippen LogP contribution >= 0.6 is 22.9 Å². The molecule has 0 atom stereocenters. The first-order chi connectivity index (χ1) is 5.25. The Balaban J connectivity index is 2.82. The van der Waals surface area contributed by atoms with Gasteiger partial charge in [0.1, 0.15) is 5.15 Å². The van der Waals surface area contributed by atoms with Crippen LogP contribution in [0.1, 0.15) is 0 Å². The zero-order valence-corrected chi connectivity index (χ0v) is 6.99. The van der Waals surface area contributed by atoms with E-state index in [1.165, 1.54) is 11.3 Å². The third-order valence-electron chi connectivity index (χ3n) is 1.26. The second-order valence-corrected chi connectivity index (χ2v) is 3.48. The Bertz CT molecular complexity index is 400. The summed E-state index contributed by atoms with van der Waals surface area (Å²) in [7, 11) is 5.48. The zero-order valence-electron chi connectivity index (χ0n) is 5.41. The van der Waals surface area contributed by atoms with Gasteiger partial charge in [-0.1, -0.05) is 11.6 Å². The lowest BCUT2D eigenvalue weighted by Crippen LogP contribution is -1.96. The van der Waals surface area contributed by atoms with E-state index in [1.807, 2.05) is 0 Å². The van der Waals surface area contributed by atoms with E-state index in [2.05, 4.69) is 9.97 Å². The van der Waals surface area contributed by atoms with E-state index in [1.54, 1.807) is 12.3 Å². The SMILES string of the molecule is [B]c1nc2cnc(Cl)cc2s1.